The van der Waals surface area contributed by atoms with Crippen LogP contribution in [0, 0.1) is 6.92 Å². The number of aryl methyl sites for hydroxylation is 1. The number of nitrogens with one attached hydrogen (secondary N) is 1. The summed E-state index contributed by atoms with van der Waals surface area (Å²) in [4.78, 5) is 0.249. The summed E-state index contributed by atoms with van der Waals surface area (Å²) in [7, 11) is -1.86. The van der Waals surface area contributed by atoms with Gasteiger partial charge in [-0.3, -0.25) is 5.10 Å². The second kappa shape index (κ2) is 5.35. The van der Waals surface area contributed by atoms with Gasteiger partial charge in [-0.25, -0.2) is 8.42 Å². The van der Waals surface area contributed by atoms with E-state index in [-0.39, 0.29) is 10.9 Å². The monoisotopic (exact) mass is 315 g/mol. The fraction of sp³-hybridized carbons (Fsp3) is 0.769. The van der Waals surface area contributed by atoms with E-state index in [1.807, 2.05) is 0 Å². The summed E-state index contributed by atoms with van der Waals surface area (Å²) in [6.07, 6.45) is 4.33. The quantitative estimate of drug-likeness (QED) is 0.900. The number of hydrogen-bond donors (Lipinski definition) is 1. The second-order valence-electron chi connectivity index (χ2n) is 5.72. The Morgan fingerprint density at radius 3 is 2.48 bits per heavy atom. The summed E-state index contributed by atoms with van der Waals surface area (Å²) in [6, 6.07) is -0.0253. The van der Waals surface area contributed by atoms with Gasteiger partial charge in [0.25, 0.3) is 0 Å². The number of hydrogen-bond acceptors (Lipinski definition) is 5. The topological polar surface area (TPSA) is 84.5 Å². The molecule has 1 saturated heterocycles. The molecule has 2 aliphatic rings. The smallest absolute Gasteiger partial charge is 0.246 e. The molecular weight excluding hydrogens is 294 g/mol. The Balaban J connectivity index is 1.72. The zero-order valence-corrected chi connectivity index (χ0v) is 13.1. The molecule has 7 nitrogen and oxygen atoms in total. The van der Waals surface area contributed by atoms with Crippen LogP contribution in [-0.2, 0) is 19.5 Å². The average Bonchev–Trinajstić information content (AvgIpc) is 3.09. The van der Waals surface area contributed by atoms with Crippen molar-refractivity contribution in [1.82, 2.24) is 14.5 Å². The third kappa shape index (κ3) is 2.61. The van der Waals surface area contributed by atoms with E-state index in [4.69, 9.17) is 9.47 Å². The summed E-state index contributed by atoms with van der Waals surface area (Å²) in [6.45, 7) is 2.98. The highest BCUT2D eigenvalue weighted by molar-refractivity contribution is 7.89. The molecule has 21 heavy (non-hydrogen) atoms. The maximum Gasteiger partial charge on any atom is 0.246 e. The minimum absolute atomic E-state index is 0.0253. The summed E-state index contributed by atoms with van der Waals surface area (Å²) in [5.74, 6) is -0.466. The van der Waals surface area contributed by atoms with Gasteiger partial charge in [0.2, 0.25) is 10.0 Å². The molecule has 2 heterocycles. The van der Waals surface area contributed by atoms with Crippen molar-refractivity contribution < 1.29 is 17.9 Å². The summed E-state index contributed by atoms with van der Waals surface area (Å²) in [5.41, 5.74) is 0.566. The Hall–Kier alpha value is -0.960. The fourth-order valence-electron chi connectivity index (χ4n) is 3.14. The van der Waals surface area contributed by atoms with Crippen LogP contribution in [0.4, 0.5) is 0 Å². The van der Waals surface area contributed by atoms with Gasteiger partial charge in [0.05, 0.1) is 25.1 Å². The van der Waals surface area contributed by atoms with E-state index in [1.165, 1.54) is 10.5 Å². The Morgan fingerprint density at radius 2 is 1.95 bits per heavy atom. The SMILES string of the molecule is Cc1[nH]ncc1S(=O)(=O)N(C)C1CCC2(CC1)OCCO2. The molecule has 0 unspecified atom stereocenters. The Morgan fingerprint density at radius 1 is 1.33 bits per heavy atom. The van der Waals surface area contributed by atoms with Crippen LogP contribution in [0.1, 0.15) is 31.4 Å². The molecule has 1 spiro atoms. The fourth-order valence-corrected chi connectivity index (χ4v) is 4.67. The lowest BCUT2D eigenvalue weighted by Crippen LogP contribution is -2.44. The molecule has 0 amide bonds. The molecule has 1 N–H and O–H groups in total. The van der Waals surface area contributed by atoms with Gasteiger partial charge in [0, 0.05) is 25.9 Å². The molecule has 0 radical (unpaired) electrons. The van der Waals surface area contributed by atoms with Crippen molar-refractivity contribution in [2.24, 2.45) is 0 Å². The van der Waals surface area contributed by atoms with Gasteiger partial charge in [-0.15, -0.1) is 0 Å². The Labute approximate surface area is 124 Å². The molecular formula is C13H21N3O4S. The lowest BCUT2D eigenvalue weighted by molar-refractivity contribution is -0.181. The highest BCUT2D eigenvalue weighted by Gasteiger charge is 2.43. The normalized spacial score (nSPS) is 23.2. The number of nitrogens with zero attached hydrogens (tertiary/aromatic N) is 2. The molecule has 2 fully saturated rings. The first kappa shape index (κ1) is 15.0. The number of ether oxygens (including phenoxy) is 2. The van der Waals surface area contributed by atoms with Crippen LogP contribution in [0.25, 0.3) is 0 Å². The van der Waals surface area contributed by atoms with Crippen LogP contribution in [0.15, 0.2) is 11.1 Å². The van der Waals surface area contributed by atoms with E-state index in [0.29, 0.717) is 18.9 Å². The Kier molecular flexibility index (Phi) is 3.81. The minimum atomic E-state index is -3.50. The van der Waals surface area contributed by atoms with Gasteiger partial charge < -0.3 is 9.47 Å². The third-order valence-corrected chi connectivity index (χ3v) is 6.51. The van der Waals surface area contributed by atoms with Crippen LogP contribution in [0.2, 0.25) is 0 Å². The van der Waals surface area contributed by atoms with Gasteiger partial charge in [0.15, 0.2) is 5.79 Å². The van der Waals surface area contributed by atoms with Gasteiger partial charge in [-0.05, 0) is 19.8 Å². The van der Waals surface area contributed by atoms with Crippen LogP contribution < -0.4 is 0 Å². The average molecular weight is 315 g/mol. The summed E-state index contributed by atoms with van der Waals surface area (Å²) in [5, 5.41) is 6.48. The molecule has 1 aromatic rings. The zero-order valence-electron chi connectivity index (χ0n) is 12.3. The predicted molar refractivity (Wildman–Crippen MR) is 75.2 cm³/mol. The van der Waals surface area contributed by atoms with Crippen LogP contribution in [0.3, 0.4) is 0 Å². The number of sulfonamides is 1. The number of aromatic amines is 1. The first-order valence-electron chi connectivity index (χ1n) is 7.21. The highest BCUT2D eigenvalue weighted by Crippen LogP contribution is 2.38. The maximum absolute atomic E-state index is 12.6. The predicted octanol–water partition coefficient (Wildman–Crippen LogP) is 1.02. The van der Waals surface area contributed by atoms with Crippen LogP contribution in [0.5, 0.6) is 0 Å². The van der Waals surface area contributed by atoms with Crippen molar-refractivity contribution in [2.75, 3.05) is 20.3 Å². The van der Waals surface area contributed by atoms with Gasteiger partial charge in [0.1, 0.15) is 4.90 Å². The molecule has 1 saturated carbocycles. The van der Waals surface area contributed by atoms with Crippen molar-refractivity contribution in [3.8, 4) is 0 Å². The number of rotatable bonds is 3. The van der Waals surface area contributed by atoms with E-state index in [0.717, 1.165) is 25.7 Å². The Bertz CT molecular complexity index is 597. The lowest BCUT2D eigenvalue weighted by Gasteiger charge is -2.38. The standard InChI is InChI=1S/C13H21N3O4S/c1-10-12(9-14-15-10)21(17,18)16(2)11-3-5-13(6-4-11)19-7-8-20-13/h9,11H,3-8H2,1-2H3,(H,14,15). The van der Waals surface area contributed by atoms with E-state index < -0.39 is 15.8 Å². The van der Waals surface area contributed by atoms with E-state index in [1.54, 1.807) is 14.0 Å². The van der Waals surface area contributed by atoms with Crippen molar-refractivity contribution in [1.29, 1.82) is 0 Å². The summed E-state index contributed by atoms with van der Waals surface area (Å²) >= 11 is 0. The molecule has 0 atom stereocenters. The van der Waals surface area contributed by atoms with Gasteiger partial charge in [-0.1, -0.05) is 0 Å². The largest absolute Gasteiger partial charge is 0.348 e. The van der Waals surface area contributed by atoms with E-state index in [9.17, 15) is 8.42 Å². The van der Waals surface area contributed by atoms with Gasteiger partial charge in [-0.2, -0.15) is 9.40 Å². The van der Waals surface area contributed by atoms with Crippen molar-refractivity contribution in [3.05, 3.63) is 11.9 Å². The molecule has 0 bridgehead atoms. The number of aromatic nitrogens is 2. The summed E-state index contributed by atoms with van der Waals surface area (Å²) < 4.78 is 38.1. The van der Waals surface area contributed by atoms with E-state index in [2.05, 4.69) is 10.2 Å². The molecule has 1 aliphatic carbocycles. The maximum atomic E-state index is 12.6. The first-order valence-corrected chi connectivity index (χ1v) is 8.65. The van der Waals surface area contributed by atoms with Crippen molar-refractivity contribution in [3.63, 3.8) is 0 Å². The zero-order chi connectivity index (χ0) is 15.1. The van der Waals surface area contributed by atoms with Crippen molar-refractivity contribution >= 4 is 10.0 Å². The highest BCUT2D eigenvalue weighted by atomic mass is 32.2. The lowest BCUT2D eigenvalue weighted by atomic mass is 9.90. The first-order chi connectivity index (χ1) is 9.95. The number of H-pyrrole nitrogens is 1. The minimum Gasteiger partial charge on any atom is -0.348 e. The van der Waals surface area contributed by atoms with E-state index >= 15 is 0 Å². The molecule has 0 aromatic carbocycles. The molecule has 118 valence electrons. The van der Waals surface area contributed by atoms with Crippen LogP contribution in [-0.4, -0.2) is 55.0 Å². The van der Waals surface area contributed by atoms with Gasteiger partial charge >= 0.3 is 0 Å². The third-order valence-electron chi connectivity index (χ3n) is 4.49. The second-order valence-corrected chi connectivity index (χ2v) is 7.69. The van der Waals surface area contributed by atoms with Crippen molar-refractivity contribution in [2.45, 2.75) is 49.3 Å². The molecule has 3 rings (SSSR count). The molecule has 1 aliphatic heterocycles. The molecule has 8 heteroatoms. The van der Waals surface area contributed by atoms with Crippen LogP contribution >= 0.6 is 0 Å². The molecule has 1 aromatic heterocycles.